The van der Waals surface area contributed by atoms with Crippen molar-refractivity contribution in [1.29, 1.82) is 0 Å². The van der Waals surface area contributed by atoms with E-state index in [1.165, 1.54) is 0 Å². The van der Waals surface area contributed by atoms with E-state index < -0.39 is 0 Å². The first-order chi connectivity index (χ1) is 10.7. The number of hydrogen-bond acceptors (Lipinski definition) is 6. The minimum Gasteiger partial charge on any atom is -0.382 e. The summed E-state index contributed by atoms with van der Waals surface area (Å²) < 4.78 is 5.40. The molecule has 0 aliphatic heterocycles. The maximum absolute atomic E-state index is 5.40. The van der Waals surface area contributed by atoms with Gasteiger partial charge in [-0.05, 0) is 30.5 Å². The van der Waals surface area contributed by atoms with Crippen molar-refractivity contribution >= 4 is 27.4 Å². The Morgan fingerprint density at radius 3 is 2.86 bits per heavy atom. The SMILES string of the molecule is COC[C@H](c1ccccn1)N(C)c1nc(C)nc2sccc12. The fraction of sp³-hybridized carbons (Fsp3) is 0.312. The van der Waals surface area contributed by atoms with Gasteiger partial charge in [-0.1, -0.05) is 6.07 Å². The standard InChI is InChI=1S/C16H18N4OS/c1-11-18-15(12-7-9-22-16(12)19-11)20(2)14(10-21-3)13-6-4-5-8-17-13/h4-9,14H,10H2,1-3H3/t14-/m1/s1. The molecule has 114 valence electrons. The maximum atomic E-state index is 5.40. The Kier molecular flexibility index (Phi) is 4.31. The van der Waals surface area contributed by atoms with E-state index in [1.54, 1.807) is 24.6 Å². The Balaban J connectivity index is 2.05. The first kappa shape index (κ1) is 14.9. The van der Waals surface area contributed by atoms with Crippen molar-refractivity contribution in [2.24, 2.45) is 0 Å². The van der Waals surface area contributed by atoms with Gasteiger partial charge < -0.3 is 9.64 Å². The van der Waals surface area contributed by atoms with Gasteiger partial charge in [0.1, 0.15) is 16.5 Å². The van der Waals surface area contributed by atoms with Crippen LogP contribution in [0.15, 0.2) is 35.8 Å². The summed E-state index contributed by atoms with van der Waals surface area (Å²) in [5.74, 6) is 1.69. The molecule has 3 rings (SSSR count). The van der Waals surface area contributed by atoms with Crippen molar-refractivity contribution in [3.05, 3.63) is 47.4 Å². The highest BCUT2D eigenvalue weighted by atomic mass is 32.1. The number of rotatable bonds is 5. The molecule has 0 aromatic carbocycles. The van der Waals surface area contributed by atoms with Crippen molar-refractivity contribution in [3.63, 3.8) is 0 Å². The predicted molar refractivity (Wildman–Crippen MR) is 89.4 cm³/mol. The van der Waals surface area contributed by atoms with Gasteiger partial charge in [0.25, 0.3) is 0 Å². The molecular formula is C16H18N4OS. The molecule has 0 bridgehead atoms. The van der Waals surface area contributed by atoms with Gasteiger partial charge in [0.15, 0.2) is 0 Å². The van der Waals surface area contributed by atoms with Crippen molar-refractivity contribution in [3.8, 4) is 0 Å². The third-order valence-corrected chi connectivity index (χ3v) is 4.38. The van der Waals surface area contributed by atoms with Gasteiger partial charge in [0.2, 0.25) is 0 Å². The maximum Gasteiger partial charge on any atom is 0.141 e. The lowest BCUT2D eigenvalue weighted by Crippen LogP contribution is -2.29. The summed E-state index contributed by atoms with van der Waals surface area (Å²) >= 11 is 1.63. The van der Waals surface area contributed by atoms with Gasteiger partial charge in [0, 0.05) is 20.4 Å². The quantitative estimate of drug-likeness (QED) is 0.724. The van der Waals surface area contributed by atoms with E-state index in [0.29, 0.717) is 6.61 Å². The normalized spacial score (nSPS) is 12.5. The number of aromatic nitrogens is 3. The molecular weight excluding hydrogens is 296 g/mol. The van der Waals surface area contributed by atoms with Crippen molar-refractivity contribution < 1.29 is 4.74 Å². The number of fused-ring (bicyclic) bond motifs is 1. The second-order valence-electron chi connectivity index (χ2n) is 5.07. The Hall–Kier alpha value is -2.05. The predicted octanol–water partition coefficient (Wildman–Crippen LogP) is 3.22. The zero-order chi connectivity index (χ0) is 15.5. The van der Waals surface area contributed by atoms with E-state index in [1.807, 2.05) is 37.6 Å². The number of likely N-dealkylation sites (N-methyl/N-ethyl adjacent to an activating group) is 1. The van der Waals surface area contributed by atoms with Crippen LogP contribution in [-0.4, -0.2) is 35.7 Å². The zero-order valence-corrected chi connectivity index (χ0v) is 13.7. The molecule has 1 atom stereocenters. The van der Waals surface area contributed by atoms with Crippen LogP contribution in [-0.2, 0) is 4.74 Å². The monoisotopic (exact) mass is 314 g/mol. The number of aryl methyl sites for hydroxylation is 1. The minimum absolute atomic E-state index is 0.00333. The van der Waals surface area contributed by atoms with E-state index in [4.69, 9.17) is 4.74 Å². The van der Waals surface area contributed by atoms with E-state index in [2.05, 4.69) is 25.9 Å². The summed E-state index contributed by atoms with van der Waals surface area (Å²) in [5.41, 5.74) is 0.964. The van der Waals surface area contributed by atoms with Crippen LogP contribution in [0.5, 0.6) is 0 Å². The molecule has 0 aliphatic carbocycles. The molecule has 0 N–H and O–H groups in total. The lowest BCUT2D eigenvalue weighted by Gasteiger charge is -2.28. The Bertz CT molecular complexity index is 759. The number of thiophene rings is 1. The molecule has 3 aromatic heterocycles. The second-order valence-corrected chi connectivity index (χ2v) is 5.97. The van der Waals surface area contributed by atoms with Crippen molar-refractivity contribution in [2.75, 3.05) is 25.7 Å². The molecule has 0 spiro atoms. The Morgan fingerprint density at radius 1 is 1.27 bits per heavy atom. The van der Waals surface area contributed by atoms with Crippen LogP contribution in [0.1, 0.15) is 17.6 Å². The van der Waals surface area contributed by atoms with Crippen molar-refractivity contribution in [2.45, 2.75) is 13.0 Å². The molecule has 3 heterocycles. The van der Waals surface area contributed by atoms with Crippen LogP contribution in [0.3, 0.4) is 0 Å². The third-order valence-electron chi connectivity index (χ3n) is 3.57. The molecule has 6 heteroatoms. The summed E-state index contributed by atoms with van der Waals surface area (Å²) in [6.07, 6.45) is 1.80. The van der Waals surface area contributed by atoms with E-state index in [0.717, 1.165) is 27.6 Å². The molecule has 0 aliphatic rings. The van der Waals surface area contributed by atoms with Crippen LogP contribution in [0.25, 0.3) is 10.2 Å². The molecule has 0 fully saturated rings. The number of methoxy groups -OCH3 is 1. The lowest BCUT2D eigenvalue weighted by molar-refractivity contribution is 0.177. The highest BCUT2D eigenvalue weighted by molar-refractivity contribution is 7.16. The average Bonchev–Trinajstić information content (AvgIpc) is 3.00. The van der Waals surface area contributed by atoms with E-state index in [9.17, 15) is 0 Å². The topological polar surface area (TPSA) is 51.1 Å². The highest BCUT2D eigenvalue weighted by Gasteiger charge is 2.22. The third kappa shape index (κ3) is 2.80. The molecule has 0 unspecified atom stereocenters. The van der Waals surface area contributed by atoms with Gasteiger partial charge >= 0.3 is 0 Å². The van der Waals surface area contributed by atoms with E-state index in [-0.39, 0.29) is 6.04 Å². The summed E-state index contributed by atoms with van der Waals surface area (Å²) in [6.45, 7) is 2.46. The van der Waals surface area contributed by atoms with Crippen molar-refractivity contribution in [1.82, 2.24) is 15.0 Å². The summed E-state index contributed by atoms with van der Waals surface area (Å²) in [4.78, 5) is 16.7. The summed E-state index contributed by atoms with van der Waals surface area (Å²) in [6, 6.07) is 7.99. The number of anilines is 1. The molecule has 0 saturated heterocycles. The Labute approximate surface area is 133 Å². The average molecular weight is 314 g/mol. The first-order valence-corrected chi connectivity index (χ1v) is 7.93. The molecule has 3 aromatic rings. The second kappa shape index (κ2) is 6.37. The van der Waals surface area contributed by atoms with Gasteiger partial charge in [-0.25, -0.2) is 9.97 Å². The first-order valence-electron chi connectivity index (χ1n) is 7.05. The summed E-state index contributed by atoms with van der Waals surface area (Å²) in [5, 5.41) is 3.11. The largest absolute Gasteiger partial charge is 0.382 e. The number of hydrogen-bond donors (Lipinski definition) is 0. The van der Waals surface area contributed by atoms with Gasteiger partial charge in [0.05, 0.1) is 23.7 Å². The zero-order valence-electron chi connectivity index (χ0n) is 12.9. The smallest absolute Gasteiger partial charge is 0.141 e. The fourth-order valence-electron chi connectivity index (χ4n) is 2.49. The summed E-state index contributed by atoms with van der Waals surface area (Å²) in [7, 11) is 3.73. The van der Waals surface area contributed by atoms with E-state index >= 15 is 0 Å². The number of pyridine rings is 1. The minimum atomic E-state index is 0.00333. The molecule has 22 heavy (non-hydrogen) atoms. The number of nitrogens with zero attached hydrogens (tertiary/aromatic N) is 4. The number of ether oxygens (including phenoxy) is 1. The van der Waals surface area contributed by atoms with Crippen LogP contribution in [0.2, 0.25) is 0 Å². The Morgan fingerprint density at radius 2 is 2.14 bits per heavy atom. The molecule has 0 saturated carbocycles. The van der Waals surface area contributed by atoms with Gasteiger partial charge in [-0.3, -0.25) is 4.98 Å². The molecule has 0 amide bonds. The van der Waals surface area contributed by atoms with Gasteiger partial charge in [-0.15, -0.1) is 11.3 Å². The lowest BCUT2D eigenvalue weighted by atomic mass is 10.1. The van der Waals surface area contributed by atoms with Crippen LogP contribution in [0, 0.1) is 6.92 Å². The van der Waals surface area contributed by atoms with Crippen LogP contribution >= 0.6 is 11.3 Å². The molecule has 0 radical (unpaired) electrons. The molecule has 5 nitrogen and oxygen atoms in total. The fourth-order valence-corrected chi connectivity index (χ4v) is 3.29. The highest BCUT2D eigenvalue weighted by Crippen LogP contribution is 2.31. The van der Waals surface area contributed by atoms with Gasteiger partial charge in [-0.2, -0.15) is 0 Å². The van der Waals surface area contributed by atoms with Crippen LogP contribution in [0.4, 0.5) is 5.82 Å². The van der Waals surface area contributed by atoms with Crippen LogP contribution < -0.4 is 4.90 Å².